The SMILES string of the molecule is [CH]1CCC2C(C1)CC1OC12. The molecule has 1 radical (unpaired) electrons. The van der Waals surface area contributed by atoms with Crippen molar-refractivity contribution < 1.29 is 4.74 Å². The predicted octanol–water partition coefficient (Wildman–Crippen LogP) is 1.78. The van der Waals surface area contributed by atoms with Crippen molar-refractivity contribution in [3.63, 3.8) is 0 Å². The van der Waals surface area contributed by atoms with Crippen molar-refractivity contribution in [1.82, 2.24) is 0 Å². The van der Waals surface area contributed by atoms with E-state index < -0.39 is 0 Å². The minimum Gasteiger partial charge on any atom is -0.369 e. The maximum Gasteiger partial charge on any atom is 0.0872 e. The van der Waals surface area contributed by atoms with E-state index in [-0.39, 0.29) is 0 Å². The average molecular weight is 137 g/mol. The first-order chi connectivity index (χ1) is 4.95. The van der Waals surface area contributed by atoms with Crippen LogP contribution in [0.3, 0.4) is 0 Å². The Morgan fingerprint density at radius 2 is 2.40 bits per heavy atom. The van der Waals surface area contributed by atoms with Gasteiger partial charge < -0.3 is 4.74 Å². The molecule has 3 fully saturated rings. The summed E-state index contributed by atoms with van der Waals surface area (Å²) in [7, 11) is 0. The molecule has 0 amide bonds. The molecule has 55 valence electrons. The molecule has 1 aliphatic heterocycles. The molecule has 3 aliphatic rings. The Kier molecular flexibility index (Phi) is 0.984. The van der Waals surface area contributed by atoms with E-state index in [0.717, 1.165) is 11.8 Å². The zero-order valence-electron chi connectivity index (χ0n) is 6.12. The molecular weight excluding hydrogens is 124 g/mol. The van der Waals surface area contributed by atoms with Gasteiger partial charge in [-0.25, -0.2) is 0 Å². The lowest BCUT2D eigenvalue weighted by Crippen LogP contribution is -2.19. The maximum absolute atomic E-state index is 5.51. The van der Waals surface area contributed by atoms with Crippen LogP contribution in [-0.2, 0) is 4.74 Å². The third kappa shape index (κ3) is 0.619. The first-order valence-electron chi connectivity index (χ1n) is 4.42. The van der Waals surface area contributed by atoms with Crippen LogP contribution in [0.15, 0.2) is 0 Å². The Balaban J connectivity index is 1.80. The van der Waals surface area contributed by atoms with Gasteiger partial charge in [-0.2, -0.15) is 0 Å². The Bertz CT molecular complexity index is 155. The minimum atomic E-state index is 0.696. The zero-order chi connectivity index (χ0) is 6.55. The van der Waals surface area contributed by atoms with Crippen LogP contribution >= 0.6 is 0 Å². The number of rotatable bonds is 0. The minimum absolute atomic E-state index is 0.696. The quantitative estimate of drug-likeness (QED) is 0.464. The van der Waals surface area contributed by atoms with Crippen molar-refractivity contribution in [2.75, 3.05) is 0 Å². The van der Waals surface area contributed by atoms with E-state index in [1.54, 1.807) is 0 Å². The van der Waals surface area contributed by atoms with Crippen LogP contribution in [0.1, 0.15) is 25.7 Å². The molecule has 0 aromatic carbocycles. The van der Waals surface area contributed by atoms with Crippen LogP contribution in [0.4, 0.5) is 0 Å². The van der Waals surface area contributed by atoms with Crippen LogP contribution in [-0.4, -0.2) is 12.2 Å². The van der Waals surface area contributed by atoms with E-state index in [9.17, 15) is 0 Å². The summed E-state index contributed by atoms with van der Waals surface area (Å²) in [6.07, 6.45) is 9.36. The normalized spacial score (nSPS) is 57.6. The molecule has 0 aromatic rings. The van der Waals surface area contributed by atoms with E-state index in [4.69, 9.17) is 4.74 Å². The van der Waals surface area contributed by atoms with E-state index in [1.807, 2.05) is 0 Å². The third-order valence-electron chi connectivity index (χ3n) is 3.36. The molecule has 1 saturated heterocycles. The first kappa shape index (κ1) is 5.59. The molecule has 0 bridgehead atoms. The molecule has 10 heavy (non-hydrogen) atoms. The highest BCUT2D eigenvalue weighted by Crippen LogP contribution is 2.52. The molecule has 4 atom stereocenters. The fraction of sp³-hybridized carbons (Fsp3) is 0.889. The fourth-order valence-corrected chi connectivity index (χ4v) is 2.78. The average Bonchev–Trinajstić information content (AvgIpc) is 2.64. The molecule has 4 unspecified atom stereocenters. The summed E-state index contributed by atoms with van der Waals surface area (Å²) in [5.41, 5.74) is 0. The summed E-state index contributed by atoms with van der Waals surface area (Å²) >= 11 is 0. The summed E-state index contributed by atoms with van der Waals surface area (Å²) in [5, 5.41) is 0. The van der Waals surface area contributed by atoms with Crippen LogP contribution in [0.5, 0.6) is 0 Å². The van der Waals surface area contributed by atoms with Crippen molar-refractivity contribution in [1.29, 1.82) is 0 Å². The van der Waals surface area contributed by atoms with Crippen molar-refractivity contribution in [2.45, 2.75) is 37.9 Å². The standard InChI is InChI=1S/C9H13O/c1-2-4-7-6(3-1)5-8-9(7)10-8/h1,6-9H,2-5H2. The molecule has 0 N–H and O–H groups in total. The maximum atomic E-state index is 5.51. The molecule has 1 nitrogen and oxygen atoms in total. The van der Waals surface area contributed by atoms with Crippen LogP contribution in [0.2, 0.25) is 0 Å². The van der Waals surface area contributed by atoms with E-state index >= 15 is 0 Å². The molecular formula is C9H13O. The monoisotopic (exact) mass is 137 g/mol. The number of epoxide rings is 1. The lowest BCUT2D eigenvalue weighted by Gasteiger charge is -2.26. The lowest BCUT2D eigenvalue weighted by atomic mass is 9.81. The highest BCUT2D eigenvalue weighted by Gasteiger charge is 2.55. The third-order valence-corrected chi connectivity index (χ3v) is 3.36. The van der Waals surface area contributed by atoms with Gasteiger partial charge in [0.1, 0.15) is 0 Å². The summed E-state index contributed by atoms with van der Waals surface area (Å²) in [6.45, 7) is 0. The molecule has 0 aromatic heterocycles. The van der Waals surface area contributed by atoms with Gasteiger partial charge in [0.2, 0.25) is 0 Å². The molecule has 1 heteroatoms. The first-order valence-corrected chi connectivity index (χ1v) is 4.42. The lowest BCUT2D eigenvalue weighted by molar-refractivity contribution is 0.175. The second kappa shape index (κ2) is 1.76. The molecule has 2 aliphatic carbocycles. The highest BCUT2D eigenvalue weighted by atomic mass is 16.6. The molecule has 1 heterocycles. The Hall–Kier alpha value is -0.0400. The van der Waals surface area contributed by atoms with Crippen molar-refractivity contribution in [2.24, 2.45) is 11.8 Å². The summed E-state index contributed by atoms with van der Waals surface area (Å²) in [5.74, 6) is 1.97. The number of hydrogen-bond donors (Lipinski definition) is 0. The van der Waals surface area contributed by atoms with Gasteiger partial charge in [0, 0.05) is 0 Å². The van der Waals surface area contributed by atoms with Crippen LogP contribution in [0.25, 0.3) is 0 Å². The van der Waals surface area contributed by atoms with Gasteiger partial charge in [-0.05, 0) is 43.9 Å². The van der Waals surface area contributed by atoms with Crippen LogP contribution < -0.4 is 0 Å². The highest BCUT2D eigenvalue weighted by molar-refractivity contribution is 5.05. The van der Waals surface area contributed by atoms with Gasteiger partial charge in [-0.1, -0.05) is 0 Å². The number of fused-ring (bicyclic) bond motifs is 3. The van der Waals surface area contributed by atoms with Crippen molar-refractivity contribution >= 4 is 0 Å². The fourth-order valence-electron chi connectivity index (χ4n) is 2.78. The van der Waals surface area contributed by atoms with E-state index in [0.29, 0.717) is 12.2 Å². The smallest absolute Gasteiger partial charge is 0.0872 e. The molecule has 3 rings (SSSR count). The van der Waals surface area contributed by atoms with Gasteiger partial charge in [-0.15, -0.1) is 0 Å². The second-order valence-corrected chi connectivity index (χ2v) is 3.90. The second-order valence-electron chi connectivity index (χ2n) is 3.90. The van der Waals surface area contributed by atoms with E-state index in [2.05, 4.69) is 6.42 Å². The van der Waals surface area contributed by atoms with Crippen molar-refractivity contribution in [3.05, 3.63) is 6.42 Å². The van der Waals surface area contributed by atoms with Crippen LogP contribution in [0, 0.1) is 18.3 Å². The summed E-state index contributed by atoms with van der Waals surface area (Å²) < 4.78 is 5.51. The van der Waals surface area contributed by atoms with Gasteiger partial charge in [0.15, 0.2) is 0 Å². The largest absolute Gasteiger partial charge is 0.369 e. The topological polar surface area (TPSA) is 12.5 Å². The molecule has 2 saturated carbocycles. The number of hydrogen-bond acceptors (Lipinski definition) is 1. The Morgan fingerprint density at radius 3 is 3.30 bits per heavy atom. The Labute approximate surface area is 61.8 Å². The predicted molar refractivity (Wildman–Crippen MR) is 38.4 cm³/mol. The summed E-state index contributed by atoms with van der Waals surface area (Å²) in [4.78, 5) is 0. The van der Waals surface area contributed by atoms with Gasteiger partial charge in [-0.3, -0.25) is 0 Å². The van der Waals surface area contributed by atoms with E-state index in [1.165, 1.54) is 25.7 Å². The van der Waals surface area contributed by atoms with Crippen molar-refractivity contribution in [3.8, 4) is 0 Å². The van der Waals surface area contributed by atoms with Gasteiger partial charge >= 0.3 is 0 Å². The zero-order valence-corrected chi connectivity index (χ0v) is 6.12. The Morgan fingerprint density at radius 1 is 1.40 bits per heavy atom. The molecule has 0 spiro atoms. The number of ether oxygens (including phenoxy) is 1. The van der Waals surface area contributed by atoms with Gasteiger partial charge in [0.05, 0.1) is 12.2 Å². The summed E-state index contributed by atoms with van der Waals surface area (Å²) in [6, 6.07) is 0. The van der Waals surface area contributed by atoms with Gasteiger partial charge in [0.25, 0.3) is 0 Å².